The van der Waals surface area contributed by atoms with Crippen molar-refractivity contribution in [2.45, 2.75) is 30.7 Å². The maximum absolute atomic E-state index is 12.5. The van der Waals surface area contributed by atoms with Crippen LogP contribution in [0.15, 0.2) is 64.0 Å². The van der Waals surface area contributed by atoms with Crippen LogP contribution in [-0.2, 0) is 10.0 Å². The lowest BCUT2D eigenvalue weighted by atomic mass is 10.0. The van der Waals surface area contributed by atoms with Crippen LogP contribution >= 0.6 is 15.9 Å². The van der Waals surface area contributed by atoms with Gasteiger partial charge in [0.1, 0.15) is 0 Å². The molecule has 0 amide bonds. The minimum Gasteiger partial charge on any atom is -0.207 e. The molecule has 0 spiro atoms. The Morgan fingerprint density at radius 3 is 2.24 bits per heavy atom. The normalized spacial score (nSPS) is 13.0. The van der Waals surface area contributed by atoms with E-state index in [4.69, 9.17) is 0 Å². The van der Waals surface area contributed by atoms with Gasteiger partial charge in [-0.3, -0.25) is 0 Å². The summed E-state index contributed by atoms with van der Waals surface area (Å²) in [5.41, 5.74) is 0.986. The molecule has 0 aliphatic rings. The van der Waals surface area contributed by atoms with Crippen molar-refractivity contribution in [1.29, 1.82) is 0 Å². The summed E-state index contributed by atoms with van der Waals surface area (Å²) in [4.78, 5) is 0.280. The van der Waals surface area contributed by atoms with Crippen LogP contribution < -0.4 is 4.72 Å². The third-order valence-corrected chi connectivity index (χ3v) is 5.22. The third-order valence-electron chi connectivity index (χ3n) is 3.20. The molecule has 0 aliphatic carbocycles. The van der Waals surface area contributed by atoms with Crippen LogP contribution in [0.2, 0.25) is 0 Å². The van der Waals surface area contributed by atoms with E-state index < -0.39 is 10.0 Å². The Hall–Kier alpha value is -1.17. The Morgan fingerprint density at radius 1 is 1.05 bits per heavy atom. The molecule has 0 heterocycles. The van der Waals surface area contributed by atoms with E-state index >= 15 is 0 Å². The van der Waals surface area contributed by atoms with Crippen molar-refractivity contribution in [2.24, 2.45) is 0 Å². The second-order valence-electron chi connectivity index (χ2n) is 4.83. The van der Waals surface area contributed by atoms with Crippen LogP contribution in [0.1, 0.15) is 31.4 Å². The van der Waals surface area contributed by atoms with Crippen molar-refractivity contribution < 1.29 is 8.42 Å². The second-order valence-corrected chi connectivity index (χ2v) is 7.46. The molecule has 1 atom stereocenters. The van der Waals surface area contributed by atoms with Crippen molar-refractivity contribution in [3.05, 3.63) is 64.6 Å². The highest BCUT2D eigenvalue weighted by atomic mass is 79.9. The number of rotatable bonds is 6. The number of hydrogen-bond acceptors (Lipinski definition) is 2. The minimum absolute atomic E-state index is 0.204. The summed E-state index contributed by atoms with van der Waals surface area (Å²) in [6.07, 6.45) is 1.67. The van der Waals surface area contributed by atoms with Gasteiger partial charge in [0.15, 0.2) is 0 Å². The van der Waals surface area contributed by atoms with E-state index in [1.807, 2.05) is 37.3 Å². The van der Waals surface area contributed by atoms with E-state index in [0.717, 1.165) is 22.9 Å². The van der Waals surface area contributed by atoms with Crippen molar-refractivity contribution in [1.82, 2.24) is 4.72 Å². The van der Waals surface area contributed by atoms with E-state index in [9.17, 15) is 8.42 Å². The van der Waals surface area contributed by atoms with Crippen molar-refractivity contribution in [2.75, 3.05) is 0 Å². The number of hydrogen-bond donors (Lipinski definition) is 1. The van der Waals surface area contributed by atoms with Gasteiger partial charge in [-0.25, -0.2) is 13.1 Å². The molecule has 2 rings (SSSR count). The van der Waals surface area contributed by atoms with E-state index in [0.29, 0.717) is 0 Å². The number of sulfonamides is 1. The molecule has 1 unspecified atom stereocenters. The predicted octanol–water partition coefficient (Wildman–Crippen LogP) is 4.27. The third kappa shape index (κ3) is 4.40. The molecule has 0 saturated carbocycles. The van der Waals surface area contributed by atoms with Crippen LogP contribution in [0.25, 0.3) is 0 Å². The van der Waals surface area contributed by atoms with Crippen LogP contribution in [0, 0.1) is 0 Å². The van der Waals surface area contributed by atoms with E-state index in [1.165, 1.54) is 0 Å². The van der Waals surface area contributed by atoms with Gasteiger partial charge in [0, 0.05) is 10.5 Å². The second kappa shape index (κ2) is 7.20. The Kier molecular flexibility index (Phi) is 5.56. The minimum atomic E-state index is -3.52. The van der Waals surface area contributed by atoms with Crippen LogP contribution in [0.4, 0.5) is 0 Å². The number of halogens is 1. The maximum atomic E-state index is 12.5. The number of nitrogens with one attached hydrogen (secondary N) is 1. The van der Waals surface area contributed by atoms with E-state index in [1.54, 1.807) is 24.3 Å². The Balaban J connectivity index is 2.25. The van der Waals surface area contributed by atoms with Crippen molar-refractivity contribution in [3.8, 4) is 0 Å². The summed E-state index contributed by atoms with van der Waals surface area (Å²) in [6.45, 7) is 2.05. The molecular formula is C16H18BrNO2S. The average molecular weight is 368 g/mol. The summed E-state index contributed by atoms with van der Waals surface area (Å²) in [6, 6.07) is 16.1. The summed E-state index contributed by atoms with van der Waals surface area (Å²) >= 11 is 3.31. The molecule has 2 aromatic rings. The highest BCUT2D eigenvalue weighted by Crippen LogP contribution is 2.22. The summed E-state index contributed by atoms with van der Waals surface area (Å²) in [5.74, 6) is 0. The predicted molar refractivity (Wildman–Crippen MR) is 88.6 cm³/mol. The zero-order valence-corrected chi connectivity index (χ0v) is 14.2. The van der Waals surface area contributed by atoms with Gasteiger partial charge in [-0.2, -0.15) is 0 Å². The van der Waals surface area contributed by atoms with Crippen molar-refractivity contribution >= 4 is 26.0 Å². The SMILES string of the molecule is CCCC(NS(=O)(=O)c1ccc(Br)cc1)c1ccccc1. The topological polar surface area (TPSA) is 46.2 Å². The number of benzene rings is 2. The molecule has 21 heavy (non-hydrogen) atoms. The first kappa shape index (κ1) is 16.2. The lowest BCUT2D eigenvalue weighted by Gasteiger charge is -2.18. The average Bonchev–Trinajstić information content (AvgIpc) is 2.48. The zero-order chi connectivity index (χ0) is 15.3. The van der Waals surface area contributed by atoms with E-state index in [-0.39, 0.29) is 10.9 Å². The van der Waals surface area contributed by atoms with Crippen LogP contribution in [0.5, 0.6) is 0 Å². The monoisotopic (exact) mass is 367 g/mol. The van der Waals surface area contributed by atoms with Gasteiger partial charge in [-0.1, -0.05) is 59.6 Å². The molecule has 0 aromatic heterocycles. The molecule has 2 aromatic carbocycles. The van der Waals surface area contributed by atoms with Gasteiger partial charge in [0.05, 0.1) is 4.90 Å². The van der Waals surface area contributed by atoms with Gasteiger partial charge in [-0.15, -0.1) is 0 Å². The van der Waals surface area contributed by atoms with Crippen molar-refractivity contribution in [3.63, 3.8) is 0 Å². The fraction of sp³-hybridized carbons (Fsp3) is 0.250. The molecule has 3 nitrogen and oxygen atoms in total. The van der Waals surface area contributed by atoms with Gasteiger partial charge in [0.25, 0.3) is 0 Å². The maximum Gasteiger partial charge on any atom is 0.241 e. The lowest BCUT2D eigenvalue weighted by molar-refractivity contribution is 0.536. The standard InChI is InChI=1S/C16H18BrNO2S/c1-2-6-16(13-7-4-3-5-8-13)18-21(19,20)15-11-9-14(17)10-12-15/h3-5,7-12,16,18H,2,6H2,1H3. The van der Waals surface area contributed by atoms with E-state index in [2.05, 4.69) is 20.7 Å². The molecule has 0 bridgehead atoms. The molecule has 0 radical (unpaired) electrons. The fourth-order valence-corrected chi connectivity index (χ4v) is 3.66. The first-order valence-electron chi connectivity index (χ1n) is 6.86. The highest BCUT2D eigenvalue weighted by Gasteiger charge is 2.20. The molecule has 112 valence electrons. The Labute approximate surface area is 134 Å². The largest absolute Gasteiger partial charge is 0.241 e. The summed E-state index contributed by atoms with van der Waals surface area (Å²) in [5, 5.41) is 0. The summed E-state index contributed by atoms with van der Waals surface area (Å²) in [7, 11) is -3.52. The molecule has 1 N–H and O–H groups in total. The van der Waals surface area contributed by atoms with Crippen LogP contribution in [-0.4, -0.2) is 8.42 Å². The Bertz CT molecular complexity index is 669. The van der Waals surface area contributed by atoms with Gasteiger partial charge >= 0.3 is 0 Å². The molecule has 0 fully saturated rings. The molecular weight excluding hydrogens is 350 g/mol. The first-order chi connectivity index (χ1) is 10.0. The van der Waals surface area contributed by atoms with Gasteiger partial charge in [0.2, 0.25) is 10.0 Å². The first-order valence-corrected chi connectivity index (χ1v) is 9.13. The smallest absolute Gasteiger partial charge is 0.207 e. The van der Waals surface area contributed by atoms with Gasteiger partial charge < -0.3 is 0 Å². The molecule has 0 saturated heterocycles. The zero-order valence-electron chi connectivity index (χ0n) is 11.8. The highest BCUT2D eigenvalue weighted by molar-refractivity contribution is 9.10. The molecule has 0 aliphatic heterocycles. The lowest BCUT2D eigenvalue weighted by Crippen LogP contribution is -2.28. The molecule has 5 heteroatoms. The Morgan fingerprint density at radius 2 is 1.67 bits per heavy atom. The fourth-order valence-electron chi connectivity index (χ4n) is 2.14. The van der Waals surface area contributed by atoms with Gasteiger partial charge in [-0.05, 0) is 36.2 Å². The van der Waals surface area contributed by atoms with Crippen LogP contribution in [0.3, 0.4) is 0 Å². The quantitative estimate of drug-likeness (QED) is 0.828. The summed E-state index contributed by atoms with van der Waals surface area (Å²) < 4.78 is 28.6.